The van der Waals surface area contributed by atoms with Crippen molar-refractivity contribution >= 4 is 11.6 Å². The van der Waals surface area contributed by atoms with Gasteiger partial charge in [-0.3, -0.25) is 4.68 Å². The van der Waals surface area contributed by atoms with Crippen LogP contribution in [0.5, 0.6) is 0 Å². The molecule has 0 unspecified atom stereocenters. The van der Waals surface area contributed by atoms with Crippen LogP contribution in [0.15, 0.2) is 30.6 Å². The Morgan fingerprint density at radius 3 is 2.94 bits per heavy atom. The van der Waals surface area contributed by atoms with Crippen molar-refractivity contribution < 1.29 is 4.39 Å². The molecule has 0 atom stereocenters. The number of halogens is 1. The second-order valence-corrected chi connectivity index (χ2v) is 3.92. The lowest BCUT2D eigenvalue weighted by Gasteiger charge is -1.96. The van der Waals surface area contributed by atoms with Gasteiger partial charge >= 0.3 is 0 Å². The molecule has 7 heteroatoms. The smallest absolute Gasteiger partial charge is 0.243 e. The number of hydrogen-bond donors (Lipinski definition) is 1. The number of pyridine rings is 1. The first kappa shape index (κ1) is 10.7. The topological polar surface area (TPSA) is 60.0 Å². The van der Waals surface area contributed by atoms with E-state index in [1.807, 2.05) is 19.3 Å². The molecule has 92 valence electrons. The molecule has 3 aromatic rings. The van der Waals surface area contributed by atoms with E-state index >= 15 is 0 Å². The van der Waals surface area contributed by atoms with E-state index in [1.54, 1.807) is 10.7 Å². The van der Waals surface area contributed by atoms with E-state index in [2.05, 4.69) is 20.5 Å². The van der Waals surface area contributed by atoms with E-state index < -0.39 is 0 Å². The van der Waals surface area contributed by atoms with Crippen LogP contribution in [0, 0.1) is 5.82 Å². The summed E-state index contributed by atoms with van der Waals surface area (Å²) in [7, 11) is 1.86. The van der Waals surface area contributed by atoms with Gasteiger partial charge in [0.05, 0.1) is 18.4 Å². The minimum absolute atomic E-state index is 0.344. The third-order valence-corrected chi connectivity index (χ3v) is 2.49. The second kappa shape index (κ2) is 4.10. The van der Waals surface area contributed by atoms with Gasteiger partial charge in [-0.05, 0) is 18.2 Å². The van der Waals surface area contributed by atoms with Gasteiger partial charge < -0.3 is 5.32 Å². The molecular formula is C11H11FN6. The normalized spacial score (nSPS) is 11.0. The molecule has 0 aliphatic rings. The number of nitrogens with zero attached hydrogens (tertiary/aromatic N) is 5. The zero-order chi connectivity index (χ0) is 12.5. The lowest BCUT2D eigenvalue weighted by Crippen LogP contribution is -2.02. The number of fused-ring (bicyclic) bond motifs is 1. The van der Waals surface area contributed by atoms with E-state index in [4.69, 9.17) is 0 Å². The van der Waals surface area contributed by atoms with Crippen molar-refractivity contribution in [3.8, 4) is 0 Å². The van der Waals surface area contributed by atoms with Gasteiger partial charge in [-0.2, -0.15) is 10.1 Å². The van der Waals surface area contributed by atoms with E-state index in [0.717, 1.165) is 5.69 Å². The van der Waals surface area contributed by atoms with Crippen LogP contribution in [0.4, 0.5) is 10.3 Å². The summed E-state index contributed by atoms with van der Waals surface area (Å²) < 4.78 is 16.1. The van der Waals surface area contributed by atoms with Crippen LogP contribution in [-0.2, 0) is 13.6 Å². The Kier molecular flexibility index (Phi) is 2.44. The fourth-order valence-electron chi connectivity index (χ4n) is 1.66. The highest BCUT2D eigenvalue weighted by molar-refractivity contribution is 5.43. The van der Waals surface area contributed by atoms with Gasteiger partial charge in [-0.25, -0.2) is 8.91 Å². The number of hydrogen-bond acceptors (Lipinski definition) is 4. The van der Waals surface area contributed by atoms with Crippen molar-refractivity contribution in [3.63, 3.8) is 0 Å². The summed E-state index contributed by atoms with van der Waals surface area (Å²) in [5.74, 6) is 0.106. The van der Waals surface area contributed by atoms with Crippen molar-refractivity contribution in [2.45, 2.75) is 6.54 Å². The SMILES string of the molecule is Cn1ccc(CNc2nc3ccc(F)cn3n2)n1. The van der Waals surface area contributed by atoms with Crippen molar-refractivity contribution in [2.24, 2.45) is 7.05 Å². The fourth-order valence-corrected chi connectivity index (χ4v) is 1.66. The number of anilines is 1. The monoisotopic (exact) mass is 246 g/mol. The lowest BCUT2D eigenvalue weighted by molar-refractivity contribution is 0.615. The van der Waals surface area contributed by atoms with Gasteiger partial charge in [0.15, 0.2) is 5.65 Å². The molecule has 0 fully saturated rings. The molecule has 0 spiro atoms. The lowest BCUT2D eigenvalue weighted by atomic mass is 10.4. The van der Waals surface area contributed by atoms with Crippen molar-refractivity contribution in [3.05, 3.63) is 42.1 Å². The van der Waals surface area contributed by atoms with E-state index in [0.29, 0.717) is 18.1 Å². The molecule has 3 heterocycles. The molecule has 0 aliphatic carbocycles. The second-order valence-electron chi connectivity index (χ2n) is 3.92. The molecule has 3 aromatic heterocycles. The van der Waals surface area contributed by atoms with Crippen LogP contribution in [0.2, 0.25) is 0 Å². The summed E-state index contributed by atoms with van der Waals surface area (Å²) in [6.45, 7) is 0.528. The first-order valence-corrected chi connectivity index (χ1v) is 5.45. The molecule has 0 saturated carbocycles. The molecule has 0 aliphatic heterocycles. The molecular weight excluding hydrogens is 235 g/mol. The molecule has 1 N–H and O–H groups in total. The number of aromatic nitrogens is 5. The van der Waals surface area contributed by atoms with Gasteiger partial charge in [0.25, 0.3) is 0 Å². The van der Waals surface area contributed by atoms with Gasteiger partial charge in [-0.1, -0.05) is 0 Å². The summed E-state index contributed by atoms with van der Waals surface area (Å²) in [5.41, 5.74) is 1.49. The third-order valence-electron chi connectivity index (χ3n) is 2.49. The summed E-state index contributed by atoms with van der Waals surface area (Å²) in [4.78, 5) is 4.22. The zero-order valence-corrected chi connectivity index (χ0v) is 9.71. The van der Waals surface area contributed by atoms with E-state index in [1.165, 1.54) is 16.8 Å². The number of aryl methyl sites for hydroxylation is 1. The molecule has 0 amide bonds. The molecule has 0 saturated heterocycles. The van der Waals surface area contributed by atoms with Crippen LogP contribution in [0.3, 0.4) is 0 Å². The summed E-state index contributed by atoms with van der Waals surface area (Å²) >= 11 is 0. The maximum absolute atomic E-state index is 13.0. The molecule has 3 rings (SSSR count). The molecule has 18 heavy (non-hydrogen) atoms. The standard InChI is InChI=1S/C11H11FN6/c1-17-5-4-9(15-17)6-13-11-14-10-3-2-8(12)7-18(10)16-11/h2-5,7H,6H2,1H3,(H,13,16). The van der Waals surface area contributed by atoms with Gasteiger partial charge in [0.1, 0.15) is 5.82 Å². The molecule has 0 radical (unpaired) electrons. The van der Waals surface area contributed by atoms with Crippen molar-refractivity contribution in [1.29, 1.82) is 0 Å². The Morgan fingerprint density at radius 1 is 1.28 bits per heavy atom. The molecule has 0 aromatic carbocycles. The minimum atomic E-state index is -0.344. The Labute approximate surface area is 102 Å². The Hall–Kier alpha value is -2.44. The van der Waals surface area contributed by atoms with Gasteiger partial charge in [0, 0.05) is 13.2 Å². The van der Waals surface area contributed by atoms with Crippen LogP contribution in [0.1, 0.15) is 5.69 Å². The highest BCUT2D eigenvalue weighted by Gasteiger charge is 2.04. The maximum Gasteiger partial charge on any atom is 0.243 e. The van der Waals surface area contributed by atoms with Crippen LogP contribution < -0.4 is 5.32 Å². The quantitative estimate of drug-likeness (QED) is 0.754. The average Bonchev–Trinajstić information content (AvgIpc) is 2.92. The number of rotatable bonds is 3. The molecule has 0 bridgehead atoms. The Balaban J connectivity index is 1.78. The fraction of sp³-hybridized carbons (Fsp3) is 0.182. The van der Waals surface area contributed by atoms with Crippen molar-refractivity contribution in [2.75, 3.05) is 5.32 Å². The summed E-state index contributed by atoms with van der Waals surface area (Å²) in [5, 5.41) is 11.4. The van der Waals surface area contributed by atoms with Crippen LogP contribution >= 0.6 is 0 Å². The van der Waals surface area contributed by atoms with Crippen LogP contribution in [-0.4, -0.2) is 24.4 Å². The largest absolute Gasteiger partial charge is 0.347 e. The van der Waals surface area contributed by atoms with Crippen molar-refractivity contribution in [1.82, 2.24) is 24.4 Å². The molecule has 6 nitrogen and oxygen atoms in total. The van der Waals surface area contributed by atoms with Gasteiger partial charge in [0.2, 0.25) is 5.95 Å². The third kappa shape index (κ3) is 2.02. The summed E-state index contributed by atoms with van der Waals surface area (Å²) in [6, 6.07) is 4.84. The highest BCUT2D eigenvalue weighted by Crippen LogP contribution is 2.07. The first-order chi connectivity index (χ1) is 8.70. The first-order valence-electron chi connectivity index (χ1n) is 5.45. The van der Waals surface area contributed by atoms with E-state index in [9.17, 15) is 4.39 Å². The zero-order valence-electron chi connectivity index (χ0n) is 9.71. The minimum Gasteiger partial charge on any atom is -0.347 e. The van der Waals surface area contributed by atoms with Crippen LogP contribution in [0.25, 0.3) is 5.65 Å². The Bertz CT molecular complexity index is 686. The maximum atomic E-state index is 13.0. The predicted octanol–water partition coefficient (Wildman–Crippen LogP) is 1.21. The van der Waals surface area contributed by atoms with E-state index in [-0.39, 0.29) is 5.82 Å². The average molecular weight is 246 g/mol. The number of nitrogens with one attached hydrogen (secondary N) is 1. The predicted molar refractivity (Wildman–Crippen MR) is 63.5 cm³/mol. The van der Waals surface area contributed by atoms with Gasteiger partial charge in [-0.15, -0.1) is 5.10 Å². The highest BCUT2D eigenvalue weighted by atomic mass is 19.1. The summed E-state index contributed by atoms with van der Waals surface area (Å²) in [6.07, 6.45) is 3.15. The Morgan fingerprint density at radius 2 is 2.17 bits per heavy atom.